The number of allylic oxidation sites excluding steroid dienone is 1. The Morgan fingerprint density at radius 1 is 1.09 bits per heavy atom. The predicted octanol–water partition coefficient (Wildman–Crippen LogP) is 5.52. The Balaban J connectivity index is 2.07. The normalized spacial score (nSPS) is 16.2. The van der Waals surface area contributed by atoms with E-state index in [0.29, 0.717) is 6.07 Å². The van der Waals surface area contributed by atoms with Gasteiger partial charge in [-0.2, -0.15) is 13.2 Å². The Bertz CT molecular complexity index is 979. The highest BCUT2D eigenvalue weighted by atomic mass is 19.4. The van der Waals surface area contributed by atoms with Crippen molar-refractivity contribution < 1.29 is 31.1 Å². The molecule has 0 saturated heterocycles. The van der Waals surface area contributed by atoms with E-state index >= 15 is 0 Å². The van der Waals surface area contributed by atoms with Gasteiger partial charge in [0.15, 0.2) is 0 Å². The van der Waals surface area contributed by atoms with E-state index in [1.807, 2.05) is 0 Å². The second-order valence-electron chi connectivity index (χ2n) is 7.49. The van der Waals surface area contributed by atoms with Gasteiger partial charge in [-0.15, -0.1) is 23.4 Å². The quantitative estimate of drug-likeness (QED) is 0.571. The Labute approximate surface area is 179 Å². The van der Waals surface area contributed by atoms with Gasteiger partial charge in [0.2, 0.25) is 5.95 Å². The summed E-state index contributed by atoms with van der Waals surface area (Å²) in [6, 6.07) is 1.87. The Morgan fingerprint density at radius 3 is 2.38 bits per heavy atom. The molecule has 32 heavy (non-hydrogen) atoms. The summed E-state index contributed by atoms with van der Waals surface area (Å²) in [5, 5.41) is 11.0. The zero-order valence-corrected chi connectivity index (χ0v) is 17.0. The third-order valence-electron chi connectivity index (χ3n) is 4.81. The SMILES string of the molecule is CC(N)=Cc1nc(NC2CCCCC2)nnc1-c1ccc(C(F)(F)F)cc1OC(F)(F)F. The van der Waals surface area contributed by atoms with Crippen molar-refractivity contribution in [3.05, 3.63) is 35.2 Å². The average molecular weight is 461 g/mol. The number of nitrogens with two attached hydrogens (primary N) is 1. The summed E-state index contributed by atoms with van der Waals surface area (Å²) in [6.45, 7) is 1.53. The zero-order valence-electron chi connectivity index (χ0n) is 17.0. The molecule has 1 fully saturated rings. The standard InChI is InChI=1S/C20H21F6N5O/c1-11(27)9-15-17(30-31-18(29-15)28-13-5-3-2-4-6-13)14-8-7-12(19(21,22)23)10-16(14)32-20(24,25)26/h7-10,13H,2-6,27H2,1H3,(H,28,29,31). The minimum atomic E-state index is -5.22. The van der Waals surface area contributed by atoms with Crippen molar-refractivity contribution in [1.82, 2.24) is 15.2 Å². The van der Waals surface area contributed by atoms with E-state index in [1.165, 1.54) is 13.0 Å². The molecular formula is C20H21F6N5O. The topological polar surface area (TPSA) is 86.0 Å². The van der Waals surface area contributed by atoms with Crippen LogP contribution >= 0.6 is 0 Å². The molecule has 12 heteroatoms. The minimum Gasteiger partial charge on any atom is -0.405 e. The van der Waals surface area contributed by atoms with Crippen LogP contribution in [0.3, 0.4) is 0 Å². The molecule has 1 aromatic carbocycles. The molecule has 0 amide bonds. The molecule has 2 aromatic rings. The number of hydrogen-bond acceptors (Lipinski definition) is 6. The fraction of sp³-hybridized carbons (Fsp3) is 0.450. The molecule has 1 heterocycles. The molecule has 0 spiro atoms. The van der Waals surface area contributed by atoms with Gasteiger partial charge < -0.3 is 15.8 Å². The van der Waals surface area contributed by atoms with Crippen molar-refractivity contribution >= 4 is 12.0 Å². The predicted molar refractivity (Wildman–Crippen MR) is 105 cm³/mol. The number of alkyl halides is 6. The molecule has 0 radical (unpaired) electrons. The van der Waals surface area contributed by atoms with Crippen LogP contribution in [0, 0.1) is 0 Å². The van der Waals surface area contributed by atoms with Crippen LogP contribution in [0.5, 0.6) is 5.75 Å². The molecule has 1 aliphatic rings. The van der Waals surface area contributed by atoms with E-state index in [2.05, 4.69) is 25.2 Å². The van der Waals surface area contributed by atoms with Crippen molar-refractivity contribution in [3.8, 4) is 17.0 Å². The summed E-state index contributed by atoms with van der Waals surface area (Å²) in [5.41, 5.74) is 4.18. The van der Waals surface area contributed by atoms with Crippen LogP contribution in [-0.4, -0.2) is 27.6 Å². The highest BCUT2D eigenvalue weighted by Crippen LogP contribution is 2.39. The monoisotopic (exact) mass is 461 g/mol. The second kappa shape index (κ2) is 9.21. The van der Waals surface area contributed by atoms with Crippen molar-refractivity contribution in [2.75, 3.05) is 5.32 Å². The van der Waals surface area contributed by atoms with Crippen molar-refractivity contribution in [1.29, 1.82) is 0 Å². The van der Waals surface area contributed by atoms with Gasteiger partial charge >= 0.3 is 12.5 Å². The molecule has 1 aliphatic carbocycles. The highest BCUT2D eigenvalue weighted by Gasteiger charge is 2.36. The van der Waals surface area contributed by atoms with Gasteiger partial charge in [-0.25, -0.2) is 4.98 Å². The first-order chi connectivity index (χ1) is 14.9. The van der Waals surface area contributed by atoms with Crippen LogP contribution in [0.25, 0.3) is 17.3 Å². The molecule has 3 N–H and O–H groups in total. The van der Waals surface area contributed by atoms with Crippen LogP contribution in [0.15, 0.2) is 23.9 Å². The van der Waals surface area contributed by atoms with Crippen LogP contribution in [0.1, 0.15) is 50.3 Å². The first-order valence-corrected chi connectivity index (χ1v) is 9.85. The molecule has 174 valence electrons. The molecule has 6 nitrogen and oxygen atoms in total. The molecule has 0 atom stereocenters. The zero-order chi connectivity index (χ0) is 23.5. The van der Waals surface area contributed by atoms with E-state index in [0.717, 1.165) is 38.2 Å². The van der Waals surface area contributed by atoms with Gasteiger partial charge in [0.05, 0.1) is 11.3 Å². The lowest BCUT2D eigenvalue weighted by molar-refractivity contribution is -0.274. The van der Waals surface area contributed by atoms with E-state index in [9.17, 15) is 26.3 Å². The van der Waals surface area contributed by atoms with E-state index < -0.39 is 23.9 Å². The molecule has 1 aromatic heterocycles. The molecule has 1 saturated carbocycles. The Morgan fingerprint density at radius 2 is 1.78 bits per heavy atom. The molecular weight excluding hydrogens is 440 g/mol. The Hall–Kier alpha value is -3.05. The lowest BCUT2D eigenvalue weighted by atomic mass is 9.96. The lowest BCUT2D eigenvalue weighted by Crippen LogP contribution is -2.24. The Kier molecular flexibility index (Phi) is 6.79. The molecule has 3 rings (SSSR count). The van der Waals surface area contributed by atoms with Gasteiger partial charge in [-0.1, -0.05) is 19.3 Å². The van der Waals surface area contributed by atoms with Crippen LogP contribution in [0.4, 0.5) is 32.3 Å². The average Bonchev–Trinajstić information content (AvgIpc) is 2.67. The lowest BCUT2D eigenvalue weighted by Gasteiger charge is -2.22. The van der Waals surface area contributed by atoms with Crippen LogP contribution < -0.4 is 15.8 Å². The number of benzene rings is 1. The number of aromatic nitrogens is 3. The van der Waals surface area contributed by atoms with Crippen LogP contribution in [0.2, 0.25) is 0 Å². The maximum absolute atomic E-state index is 13.1. The summed E-state index contributed by atoms with van der Waals surface area (Å²) in [4.78, 5) is 4.29. The van der Waals surface area contributed by atoms with E-state index in [1.54, 1.807) is 0 Å². The number of hydrogen-bond donors (Lipinski definition) is 2. The summed E-state index contributed by atoms with van der Waals surface area (Å²) < 4.78 is 81.7. The first-order valence-electron chi connectivity index (χ1n) is 9.85. The van der Waals surface area contributed by atoms with Gasteiger partial charge in [0, 0.05) is 17.3 Å². The highest BCUT2D eigenvalue weighted by molar-refractivity contribution is 5.75. The summed E-state index contributed by atoms with van der Waals surface area (Å²) in [6.07, 6.45) is -3.69. The summed E-state index contributed by atoms with van der Waals surface area (Å²) >= 11 is 0. The van der Waals surface area contributed by atoms with E-state index in [4.69, 9.17) is 5.73 Å². The van der Waals surface area contributed by atoms with Gasteiger partial charge in [-0.05, 0) is 44.0 Å². The minimum absolute atomic E-state index is 0.0464. The number of halogens is 6. The summed E-state index contributed by atoms with van der Waals surface area (Å²) in [5.74, 6) is -0.918. The maximum Gasteiger partial charge on any atom is 0.573 e. The fourth-order valence-corrected chi connectivity index (χ4v) is 3.44. The fourth-order valence-electron chi connectivity index (χ4n) is 3.44. The van der Waals surface area contributed by atoms with Crippen molar-refractivity contribution in [2.45, 2.75) is 57.6 Å². The smallest absolute Gasteiger partial charge is 0.405 e. The van der Waals surface area contributed by atoms with Crippen LogP contribution in [-0.2, 0) is 6.18 Å². The molecule has 0 bridgehead atoms. The van der Waals surface area contributed by atoms with Gasteiger partial charge in [0.25, 0.3) is 0 Å². The number of rotatable bonds is 5. The third kappa shape index (κ3) is 6.24. The molecule has 0 unspecified atom stereocenters. The number of nitrogens with zero attached hydrogens (tertiary/aromatic N) is 3. The second-order valence-corrected chi connectivity index (χ2v) is 7.49. The first kappa shape index (κ1) is 23.6. The van der Waals surface area contributed by atoms with Gasteiger partial charge in [0.1, 0.15) is 11.4 Å². The maximum atomic E-state index is 13.1. The third-order valence-corrected chi connectivity index (χ3v) is 4.81. The van der Waals surface area contributed by atoms with Crippen molar-refractivity contribution in [3.63, 3.8) is 0 Å². The van der Waals surface area contributed by atoms with Crippen molar-refractivity contribution in [2.24, 2.45) is 5.73 Å². The van der Waals surface area contributed by atoms with Gasteiger partial charge in [-0.3, -0.25) is 0 Å². The van der Waals surface area contributed by atoms with E-state index in [-0.39, 0.29) is 40.7 Å². The molecule has 0 aliphatic heterocycles. The summed E-state index contributed by atoms with van der Waals surface area (Å²) in [7, 11) is 0. The number of anilines is 1. The largest absolute Gasteiger partial charge is 0.573 e. The number of ether oxygens (including phenoxy) is 1. The number of nitrogens with one attached hydrogen (secondary N) is 1.